The largest absolute Gasteiger partial charge is 0.301 e. The maximum atomic E-state index is 13.4. The first kappa shape index (κ1) is 11.6. The van der Waals surface area contributed by atoms with Crippen LogP contribution in [0.15, 0.2) is 12.1 Å². The molecule has 0 bridgehead atoms. The van der Waals surface area contributed by atoms with E-state index in [1.807, 2.05) is 0 Å². The minimum atomic E-state index is -0.509. The van der Waals surface area contributed by atoms with Gasteiger partial charge in [0.2, 0.25) is 5.91 Å². The Kier molecular flexibility index (Phi) is 3.28. The number of halogens is 3. The summed E-state index contributed by atoms with van der Waals surface area (Å²) in [6, 6.07) is 2.77. The quantitative estimate of drug-likeness (QED) is 0.857. The van der Waals surface area contributed by atoms with Crippen LogP contribution in [0.3, 0.4) is 0 Å². The molecule has 16 heavy (non-hydrogen) atoms. The lowest BCUT2D eigenvalue weighted by Crippen LogP contribution is -2.12. The Morgan fingerprint density at radius 2 is 2.31 bits per heavy atom. The minimum Gasteiger partial charge on any atom is -0.301 e. The van der Waals surface area contributed by atoms with E-state index in [4.69, 9.17) is 23.2 Å². The second kappa shape index (κ2) is 4.53. The predicted octanol–water partition coefficient (Wildman–Crippen LogP) is 3.27. The van der Waals surface area contributed by atoms with Gasteiger partial charge in [0.05, 0.1) is 4.70 Å². The molecule has 0 radical (unpaired) electrons. The van der Waals surface area contributed by atoms with Crippen molar-refractivity contribution >= 4 is 55.8 Å². The second-order valence-corrected chi connectivity index (χ2v) is 4.67. The molecule has 1 aromatic heterocycles. The molecule has 0 spiro atoms. The van der Waals surface area contributed by atoms with Crippen molar-refractivity contribution in [3.05, 3.63) is 23.0 Å². The lowest BCUT2D eigenvalue weighted by atomic mass is 10.3. The number of alkyl halides is 1. The van der Waals surface area contributed by atoms with Gasteiger partial charge in [-0.1, -0.05) is 22.9 Å². The molecule has 1 aromatic carbocycles. The Bertz CT molecular complexity index is 558. The number of rotatable bonds is 2. The van der Waals surface area contributed by atoms with Gasteiger partial charge in [0.1, 0.15) is 11.4 Å². The molecular weight excluding hydrogens is 274 g/mol. The van der Waals surface area contributed by atoms with Crippen molar-refractivity contribution in [2.45, 2.75) is 0 Å². The van der Waals surface area contributed by atoms with Gasteiger partial charge in [-0.2, -0.15) is 0 Å². The first-order chi connectivity index (χ1) is 7.60. The van der Waals surface area contributed by atoms with Crippen LogP contribution in [0.1, 0.15) is 0 Å². The fourth-order valence-corrected chi connectivity index (χ4v) is 2.44. The zero-order valence-electron chi connectivity index (χ0n) is 7.76. The molecule has 7 heteroatoms. The molecule has 3 nitrogen and oxygen atoms in total. The van der Waals surface area contributed by atoms with Crippen LogP contribution in [0.4, 0.5) is 9.52 Å². The maximum absolute atomic E-state index is 13.4. The highest BCUT2D eigenvalue weighted by Crippen LogP contribution is 2.30. The van der Waals surface area contributed by atoms with Crippen LogP contribution in [-0.4, -0.2) is 16.8 Å². The average molecular weight is 279 g/mol. The van der Waals surface area contributed by atoms with Gasteiger partial charge in [0, 0.05) is 5.02 Å². The van der Waals surface area contributed by atoms with Crippen molar-refractivity contribution in [2.24, 2.45) is 0 Å². The van der Waals surface area contributed by atoms with E-state index in [0.29, 0.717) is 14.9 Å². The Labute approximate surface area is 104 Å². The highest BCUT2D eigenvalue weighted by molar-refractivity contribution is 7.22. The first-order valence-corrected chi connectivity index (χ1v) is 5.94. The van der Waals surface area contributed by atoms with E-state index in [-0.39, 0.29) is 17.3 Å². The van der Waals surface area contributed by atoms with E-state index >= 15 is 0 Å². The highest BCUT2D eigenvalue weighted by atomic mass is 35.5. The van der Waals surface area contributed by atoms with E-state index in [9.17, 15) is 9.18 Å². The third kappa shape index (κ3) is 2.26. The molecule has 1 amide bonds. The van der Waals surface area contributed by atoms with E-state index in [1.165, 1.54) is 6.07 Å². The molecule has 0 unspecified atom stereocenters. The molecule has 2 rings (SSSR count). The number of carbonyl (C=O) groups is 1. The smallest absolute Gasteiger partial charge is 0.241 e. The molecule has 0 saturated heterocycles. The molecule has 0 saturated carbocycles. The van der Waals surface area contributed by atoms with Gasteiger partial charge in [0.25, 0.3) is 0 Å². The number of hydrogen-bond donors (Lipinski definition) is 1. The van der Waals surface area contributed by atoms with Gasteiger partial charge >= 0.3 is 0 Å². The SMILES string of the molecule is O=C(CCl)Nc1nc2c(F)cc(Cl)cc2s1. The monoisotopic (exact) mass is 278 g/mol. The van der Waals surface area contributed by atoms with E-state index in [2.05, 4.69) is 10.3 Å². The number of aromatic nitrogens is 1. The van der Waals surface area contributed by atoms with E-state index < -0.39 is 5.82 Å². The summed E-state index contributed by atoms with van der Waals surface area (Å²) >= 11 is 12.2. The number of fused-ring (bicyclic) bond motifs is 1. The van der Waals surface area contributed by atoms with Gasteiger partial charge in [-0.3, -0.25) is 4.79 Å². The van der Waals surface area contributed by atoms with Gasteiger partial charge in [0.15, 0.2) is 10.9 Å². The standard InChI is InChI=1S/C9H5Cl2FN2OS/c10-3-7(15)13-9-14-8-5(12)1-4(11)2-6(8)16-9/h1-2H,3H2,(H,13,14,15). The Morgan fingerprint density at radius 3 is 3.00 bits per heavy atom. The fourth-order valence-electron chi connectivity index (χ4n) is 1.16. The van der Waals surface area contributed by atoms with Crippen LogP contribution < -0.4 is 5.32 Å². The maximum Gasteiger partial charge on any atom is 0.241 e. The number of nitrogens with one attached hydrogen (secondary N) is 1. The van der Waals surface area contributed by atoms with Crippen LogP contribution in [-0.2, 0) is 4.79 Å². The lowest BCUT2D eigenvalue weighted by molar-refractivity contribution is -0.113. The van der Waals surface area contributed by atoms with Crippen LogP contribution in [0.25, 0.3) is 10.2 Å². The van der Waals surface area contributed by atoms with Crippen molar-refractivity contribution < 1.29 is 9.18 Å². The van der Waals surface area contributed by atoms with Crippen LogP contribution in [0.5, 0.6) is 0 Å². The topological polar surface area (TPSA) is 42.0 Å². The molecular formula is C9H5Cl2FN2OS. The molecule has 0 aliphatic heterocycles. The number of amides is 1. The summed E-state index contributed by atoms with van der Waals surface area (Å²) in [6.07, 6.45) is 0. The van der Waals surface area contributed by atoms with Crippen molar-refractivity contribution in [1.29, 1.82) is 0 Å². The minimum absolute atomic E-state index is 0.167. The first-order valence-electron chi connectivity index (χ1n) is 4.21. The zero-order valence-corrected chi connectivity index (χ0v) is 10.1. The number of hydrogen-bond acceptors (Lipinski definition) is 3. The molecule has 2 aromatic rings. The molecule has 1 heterocycles. The van der Waals surface area contributed by atoms with E-state index in [0.717, 1.165) is 11.3 Å². The van der Waals surface area contributed by atoms with Crippen LogP contribution in [0, 0.1) is 5.82 Å². The summed E-state index contributed by atoms with van der Waals surface area (Å²) in [7, 11) is 0. The summed E-state index contributed by atoms with van der Waals surface area (Å²) < 4.78 is 14.0. The lowest BCUT2D eigenvalue weighted by Gasteiger charge is -1.94. The zero-order chi connectivity index (χ0) is 11.7. The second-order valence-electron chi connectivity index (χ2n) is 2.94. The number of nitrogens with zero attached hydrogens (tertiary/aromatic N) is 1. The molecule has 1 N–H and O–H groups in total. The number of thiazole rings is 1. The van der Waals surface area contributed by atoms with E-state index in [1.54, 1.807) is 6.07 Å². The Morgan fingerprint density at radius 1 is 1.56 bits per heavy atom. The summed E-state index contributed by atoms with van der Waals surface area (Å²) in [5, 5.41) is 3.06. The molecule has 0 aliphatic carbocycles. The predicted molar refractivity (Wildman–Crippen MR) is 63.9 cm³/mol. The highest BCUT2D eigenvalue weighted by Gasteiger charge is 2.11. The average Bonchev–Trinajstić information content (AvgIpc) is 2.60. The van der Waals surface area contributed by atoms with Gasteiger partial charge in [-0.15, -0.1) is 11.6 Å². The van der Waals surface area contributed by atoms with Gasteiger partial charge < -0.3 is 5.32 Å². The van der Waals surface area contributed by atoms with Crippen molar-refractivity contribution in [3.8, 4) is 0 Å². The molecule has 0 atom stereocenters. The number of benzene rings is 1. The summed E-state index contributed by atoms with van der Waals surface area (Å²) in [4.78, 5) is 14.9. The number of anilines is 1. The van der Waals surface area contributed by atoms with Gasteiger partial charge in [-0.25, -0.2) is 9.37 Å². The molecule has 0 fully saturated rings. The Hall–Kier alpha value is -0.910. The van der Waals surface area contributed by atoms with Gasteiger partial charge in [-0.05, 0) is 12.1 Å². The van der Waals surface area contributed by atoms with Crippen LogP contribution in [0.2, 0.25) is 5.02 Å². The van der Waals surface area contributed by atoms with Crippen molar-refractivity contribution in [3.63, 3.8) is 0 Å². The van der Waals surface area contributed by atoms with Crippen molar-refractivity contribution in [1.82, 2.24) is 4.98 Å². The normalized spacial score (nSPS) is 10.7. The summed E-state index contributed by atoms with van der Waals surface area (Å²) in [5.74, 6) is -1.06. The fraction of sp³-hybridized carbons (Fsp3) is 0.111. The molecule has 0 aliphatic rings. The third-order valence-corrected chi connectivity index (χ3v) is 3.16. The Balaban J connectivity index is 2.44. The summed E-state index contributed by atoms with van der Waals surface area (Å²) in [5.41, 5.74) is 0.194. The third-order valence-electron chi connectivity index (χ3n) is 1.78. The summed E-state index contributed by atoms with van der Waals surface area (Å²) in [6.45, 7) is 0. The van der Waals surface area contributed by atoms with Crippen LogP contribution >= 0.6 is 34.5 Å². The number of carbonyl (C=O) groups excluding carboxylic acids is 1. The molecule has 84 valence electrons. The van der Waals surface area contributed by atoms with Crippen molar-refractivity contribution in [2.75, 3.05) is 11.2 Å².